The molecule has 32 heavy (non-hydrogen) atoms. The van der Waals surface area contributed by atoms with Gasteiger partial charge in [0.1, 0.15) is 18.5 Å². The minimum atomic E-state index is -0.453. The molecule has 3 fully saturated rings. The minimum absolute atomic E-state index is 0.162. The van der Waals surface area contributed by atoms with Gasteiger partial charge in [0.2, 0.25) is 0 Å². The molecule has 0 radical (unpaired) electrons. The third kappa shape index (κ3) is 3.59. The summed E-state index contributed by atoms with van der Waals surface area (Å²) in [4.78, 5) is 34.3. The van der Waals surface area contributed by atoms with Gasteiger partial charge in [-0.1, -0.05) is 52.7 Å². The van der Waals surface area contributed by atoms with Crippen molar-refractivity contribution in [2.75, 3.05) is 25.0 Å². The third-order valence-electron chi connectivity index (χ3n) is 6.53. The van der Waals surface area contributed by atoms with Crippen LogP contribution in [0.5, 0.6) is 0 Å². The molecule has 0 bridgehead atoms. The highest BCUT2D eigenvalue weighted by molar-refractivity contribution is 9.10. The molecular weight excluding hydrogens is 494 g/mol. The number of imide groups is 1. The maximum Gasteiger partial charge on any atom is 0.328 e. The van der Waals surface area contributed by atoms with E-state index in [1.54, 1.807) is 18.0 Å². The van der Waals surface area contributed by atoms with Crippen LogP contribution in [0.1, 0.15) is 12.5 Å². The largest absolute Gasteiger partial charge is 0.343 e. The quantitative estimate of drug-likeness (QED) is 0.674. The van der Waals surface area contributed by atoms with Crippen molar-refractivity contribution in [3.05, 3.63) is 63.6 Å². The molecule has 0 aromatic heterocycles. The summed E-state index contributed by atoms with van der Waals surface area (Å²) in [5, 5.41) is 4.11. The lowest BCUT2D eigenvalue weighted by molar-refractivity contribution is -0.139. The highest BCUT2D eigenvalue weighted by atomic mass is 79.9. The van der Waals surface area contributed by atoms with Crippen molar-refractivity contribution in [1.82, 2.24) is 20.0 Å². The van der Waals surface area contributed by atoms with Crippen molar-refractivity contribution in [3.63, 3.8) is 0 Å². The summed E-state index contributed by atoms with van der Waals surface area (Å²) in [5.74, 6) is 0.182. The number of fused-ring (bicyclic) bond motifs is 3. The number of urea groups is 1. The summed E-state index contributed by atoms with van der Waals surface area (Å²) in [6.45, 7) is 4.00. The standard InChI is InChI=1S/C23H25BrClN5O2/c1-14-11-28(17-9-7-16(24)8-10-17)22-26-20-19(29(22)12-14)21(31)30(23(32)27(20)2)13-15-5-3-4-6-18(15)25/h3-10,14,19-20,22,26H,11-13H2,1-2H3. The van der Waals surface area contributed by atoms with E-state index in [-0.39, 0.29) is 30.9 Å². The van der Waals surface area contributed by atoms with E-state index in [4.69, 9.17) is 11.6 Å². The van der Waals surface area contributed by atoms with Crippen molar-refractivity contribution in [2.45, 2.75) is 32.0 Å². The first kappa shape index (κ1) is 21.7. The van der Waals surface area contributed by atoms with E-state index >= 15 is 0 Å². The minimum Gasteiger partial charge on any atom is -0.343 e. The Labute approximate surface area is 201 Å². The Balaban J connectivity index is 1.46. The Bertz CT molecular complexity index is 1050. The molecule has 3 aliphatic rings. The third-order valence-corrected chi connectivity index (χ3v) is 7.43. The molecule has 3 saturated heterocycles. The average molecular weight is 519 g/mol. The first-order valence-electron chi connectivity index (χ1n) is 10.7. The van der Waals surface area contributed by atoms with Gasteiger partial charge in [0, 0.05) is 35.3 Å². The van der Waals surface area contributed by atoms with Crippen LogP contribution >= 0.6 is 27.5 Å². The van der Waals surface area contributed by atoms with Crippen LogP contribution < -0.4 is 10.2 Å². The van der Waals surface area contributed by atoms with Gasteiger partial charge in [-0.05, 0) is 41.8 Å². The van der Waals surface area contributed by atoms with Crippen molar-refractivity contribution in [2.24, 2.45) is 5.92 Å². The lowest BCUT2D eigenvalue weighted by atomic mass is 10.0. The predicted octanol–water partition coefficient (Wildman–Crippen LogP) is 3.54. The fraction of sp³-hybridized carbons (Fsp3) is 0.391. The molecule has 9 heteroatoms. The predicted molar refractivity (Wildman–Crippen MR) is 127 cm³/mol. The van der Waals surface area contributed by atoms with Crippen molar-refractivity contribution in [3.8, 4) is 0 Å². The molecule has 0 spiro atoms. The summed E-state index contributed by atoms with van der Waals surface area (Å²) < 4.78 is 1.02. The van der Waals surface area contributed by atoms with Crippen molar-refractivity contribution in [1.29, 1.82) is 0 Å². The number of nitrogens with one attached hydrogen (secondary N) is 1. The number of amides is 3. The first-order valence-corrected chi connectivity index (χ1v) is 11.9. The van der Waals surface area contributed by atoms with Crippen LogP contribution in [0.4, 0.5) is 10.5 Å². The van der Waals surface area contributed by atoms with Gasteiger partial charge >= 0.3 is 6.03 Å². The molecule has 7 nitrogen and oxygen atoms in total. The Morgan fingerprint density at radius 1 is 1.09 bits per heavy atom. The number of anilines is 1. The first-order chi connectivity index (χ1) is 15.3. The molecule has 4 atom stereocenters. The number of rotatable bonds is 3. The van der Waals surface area contributed by atoms with Crippen molar-refractivity contribution >= 4 is 45.2 Å². The summed E-state index contributed by atoms with van der Waals surface area (Å²) in [6, 6.07) is 14.8. The lowest BCUT2D eigenvalue weighted by Gasteiger charge is -2.46. The molecular formula is C23H25BrClN5O2. The molecule has 5 rings (SSSR count). The van der Waals surface area contributed by atoms with Gasteiger partial charge in [-0.15, -0.1) is 0 Å². The van der Waals surface area contributed by atoms with E-state index in [2.05, 4.69) is 50.1 Å². The highest BCUT2D eigenvalue weighted by Crippen LogP contribution is 2.35. The number of hydrogen-bond donors (Lipinski definition) is 1. The van der Waals surface area contributed by atoms with Gasteiger partial charge in [0.15, 0.2) is 0 Å². The molecule has 168 valence electrons. The molecule has 3 amide bonds. The van der Waals surface area contributed by atoms with Gasteiger partial charge in [-0.2, -0.15) is 0 Å². The van der Waals surface area contributed by atoms with Crippen LogP contribution in [0.15, 0.2) is 53.0 Å². The van der Waals surface area contributed by atoms with Gasteiger partial charge in [0.25, 0.3) is 5.91 Å². The molecule has 3 aliphatic heterocycles. The number of hydrogen-bond acceptors (Lipinski definition) is 5. The molecule has 2 aromatic rings. The van der Waals surface area contributed by atoms with Gasteiger partial charge in [-0.25, -0.2) is 4.79 Å². The smallest absolute Gasteiger partial charge is 0.328 e. The zero-order valence-corrected chi connectivity index (χ0v) is 20.3. The number of carbonyl (C=O) groups is 2. The number of nitrogens with zero attached hydrogens (tertiary/aromatic N) is 4. The lowest BCUT2D eigenvalue weighted by Crippen LogP contribution is -2.66. The number of halogens is 2. The maximum atomic E-state index is 13.7. The van der Waals surface area contributed by atoms with Crippen LogP contribution in [0.2, 0.25) is 5.02 Å². The molecule has 1 N–H and O–H groups in total. The molecule has 2 aromatic carbocycles. The fourth-order valence-corrected chi connectivity index (χ4v) is 5.45. The number of carbonyl (C=O) groups excluding carboxylic acids is 2. The second-order valence-electron chi connectivity index (χ2n) is 8.77. The van der Waals surface area contributed by atoms with Gasteiger partial charge in [-0.3, -0.25) is 19.9 Å². The summed E-state index contributed by atoms with van der Waals surface area (Å²) in [6.07, 6.45) is -0.549. The van der Waals surface area contributed by atoms with Crippen LogP contribution in [0.3, 0.4) is 0 Å². The van der Waals surface area contributed by atoms with E-state index in [0.29, 0.717) is 10.9 Å². The Morgan fingerprint density at radius 2 is 1.81 bits per heavy atom. The zero-order chi connectivity index (χ0) is 22.6. The molecule has 0 saturated carbocycles. The average Bonchev–Trinajstić information content (AvgIpc) is 3.16. The molecule has 3 heterocycles. The molecule has 0 aliphatic carbocycles. The van der Waals surface area contributed by atoms with Crippen LogP contribution in [0, 0.1) is 5.92 Å². The van der Waals surface area contributed by atoms with E-state index in [9.17, 15) is 9.59 Å². The van der Waals surface area contributed by atoms with E-state index < -0.39 is 6.04 Å². The summed E-state index contributed by atoms with van der Waals surface area (Å²) in [7, 11) is 1.75. The van der Waals surface area contributed by atoms with Gasteiger partial charge < -0.3 is 9.80 Å². The second-order valence-corrected chi connectivity index (χ2v) is 10.1. The Morgan fingerprint density at radius 3 is 2.53 bits per heavy atom. The maximum absolute atomic E-state index is 13.7. The second kappa shape index (κ2) is 8.33. The monoisotopic (exact) mass is 517 g/mol. The topological polar surface area (TPSA) is 59.1 Å². The van der Waals surface area contributed by atoms with Crippen LogP contribution in [-0.4, -0.2) is 65.3 Å². The van der Waals surface area contributed by atoms with E-state index in [1.165, 1.54) is 4.90 Å². The number of likely N-dealkylation sites (N-methyl/N-ethyl adjacent to an activating group) is 1. The highest BCUT2D eigenvalue weighted by Gasteiger charge is 2.56. The molecule has 4 unspecified atom stereocenters. The fourth-order valence-electron chi connectivity index (χ4n) is 4.99. The number of benzene rings is 2. The van der Waals surface area contributed by atoms with Gasteiger partial charge in [0.05, 0.1) is 6.54 Å². The van der Waals surface area contributed by atoms with E-state index in [1.807, 2.05) is 30.3 Å². The Kier molecular flexibility index (Phi) is 5.65. The van der Waals surface area contributed by atoms with Crippen molar-refractivity contribution < 1.29 is 9.59 Å². The summed E-state index contributed by atoms with van der Waals surface area (Å²) in [5.41, 5.74) is 1.84. The zero-order valence-electron chi connectivity index (χ0n) is 17.9. The van der Waals surface area contributed by atoms with Crippen LogP contribution in [-0.2, 0) is 11.3 Å². The van der Waals surface area contributed by atoms with E-state index in [0.717, 1.165) is 28.8 Å². The van der Waals surface area contributed by atoms with Crippen LogP contribution in [0.25, 0.3) is 0 Å². The Hall–Kier alpha value is -2.13. The SMILES string of the molecule is CC1CN(c2ccc(Br)cc2)C2NC3C(C(=O)N(Cc4ccccc4Cl)C(=O)N3C)N2C1. The normalized spacial score (nSPS) is 28.2. The summed E-state index contributed by atoms with van der Waals surface area (Å²) >= 11 is 9.82.